The predicted octanol–water partition coefficient (Wildman–Crippen LogP) is 3.22. The zero-order valence-electron chi connectivity index (χ0n) is 10.8. The van der Waals surface area contributed by atoms with Gasteiger partial charge in [-0.15, -0.1) is 0 Å². The lowest BCUT2D eigenvalue weighted by Gasteiger charge is -2.19. The molecule has 5 heteroatoms. The number of ether oxygens (including phenoxy) is 1. The van der Waals surface area contributed by atoms with E-state index in [9.17, 15) is 9.90 Å². The third-order valence-electron chi connectivity index (χ3n) is 2.13. The summed E-state index contributed by atoms with van der Waals surface area (Å²) in [4.78, 5) is 11.4. The molecule has 1 amide bonds. The maximum atomic E-state index is 11.4. The van der Waals surface area contributed by atoms with Gasteiger partial charge in [-0.2, -0.15) is 0 Å². The first kappa shape index (κ1) is 14.8. The average molecular weight is 316 g/mol. The summed E-state index contributed by atoms with van der Waals surface area (Å²) in [5, 5.41) is 12.4. The number of rotatable bonds is 3. The van der Waals surface area contributed by atoms with Crippen molar-refractivity contribution in [3.8, 4) is 5.75 Å². The lowest BCUT2D eigenvalue weighted by Crippen LogP contribution is -2.33. The molecular weight excluding hydrogens is 298 g/mol. The van der Waals surface area contributed by atoms with Gasteiger partial charge in [-0.05, 0) is 54.8 Å². The van der Waals surface area contributed by atoms with Crippen LogP contribution < -0.4 is 5.32 Å². The Bertz CT molecular complexity index is 427. The van der Waals surface area contributed by atoms with Crippen molar-refractivity contribution < 1.29 is 14.6 Å². The predicted molar refractivity (Wildman–Crippen MR) is 73.7 cm³/mol. The van der Waals surface area contributed by atoms with Crippen molar-refractivity contribution in [1.82, 2.24) is 5.32 Å². The number of nitrogens with one attached hydrogen (secondary N) is 1. The van der Waals surface area contributed by atoms with Crippen LogP contribution in [-0.2, 0) is 11.2 Å². The Morgan fingerprint density at radius 1 is 1.44 bits per heavy atom. The van der Waals surface area contributed by atoms with Crippen molar-refractivity contribution in [2.24, 2.45) is 0 Å². The summed E-state index contributed by atoms with van der Waals surface area (Å²) in [6.45, 7) is 5.85. The zero-order valence-corrected chi connectivity index (χ0v) is 12.4. The number of hydrogen-bond acceptors (Lipinski definition) is 3. The molecule has 0 unspecified atom stereocenters. The molecule has 0 fully saturated rings. The second-order valence-corrected chi connectivity index (χ2v) is 5.78. The Balaban J connectivity index is 2.43. The van der Waals surface area contributed by atoms with Crippen LogP contribution in [0.5, 0.6) is 5.75 Å². The lowest BCUT2D eigenvalue weighted by molar-refractivity contribution is 0.0528. The molecule has 0 saturated heterocycles. The summed E-state index contributed by atoms with van der Waals surface area (Å²) >= 11 is 3.24. The van der Waals surface area contributed by atoms with E-state index in [1.165, 1.54) is 0 Å². The Hall–Kier alpha value is -1.23. The first-order valence-electron chi connectivity index (χ1n) is 5.73. The summed E-state index contributed by atoms with van der Waals surface area (Å²) < 4.78 is 5.76. The largest absolute Gasteiger partial charge is 0.506 e. The van der Waals surface area contributed by atoms with Gasteiger partial charge in [-0.3, -0.25) is 0 Å². The van der Waals surface area contributed by atoms with Gasteiger partial charge >= 0.3 is 6.09 Å². The van der Waals surface area contributed by atoms with E-state index in [1.54, 1.807) is 6.07 Å². The van der Waals surface area contributed by atoms with Crippen LogP contribution in [0.3, 0.4) is 0 Å². The summed E-state index contributed by atoms with van der Waals surface area (Å²) in [5.74, 6) is 0.212. The highest BCUT2D eigenvalue weighted by Crippen LogP contribution is 2.27. The van der Waals surface area contributed by atoms with Crippen LogP contribution in [0.2, 0.25) is 0 Å². The lowest BCUT2D eigenvalue weighted by atomic mass is 10.1. The van der Waals surface area contributed by atoms with Crippen molar-refractivity contribution in [3.05, 3.63) is 28.2 Å². The van der Waals surface area contributed by atoms with Crippen LogP contribution >= 0.6 is 15.9 Å². The highest BCUT2D eigenvalue weighted by atomic mass is 79.9. The first-order chi connectivity index (χ1) is 8.29. The molecule has 0 heterocycles. The summed E-state index contributed by atoms with van der Waals surface area (Å²) in [6, 6.07) is 5.42. The van der Waals surface area contributed by atoms with Crippen LogP contribution in [0.4, 0.5) is 4.79 Å². The van der Waals surface area contributed by atoms with Gasteiger partial charge in [-0.1, -0.05) is 12.1 Å². The molecule has 0 spiro atoms. The molecule has 18 heavy (non-hydrogen) atoms. The first-order valence-corrected chi connectivity index (χ1v) is 6.52. The van der Waals surface area contributed by atoms with E-state index in [2.05, 4.69) is 21.2 Å². The van der Waals surface area contributed by atoms with E-state index in [4.69, 9.17) is 4.74 Å². The number of aromatic hydroxyl groups is 1. The molecule has 1 aromatic rings. The molecule has 0 aliphatic heterocycles. The quantitative estimate of drug-likeness (QED) is 0.900. The van der Waals surface area contributed by atoms with Gasteiger partial charge in [0.15, 0.2) is 0 Å². The number of amides is 1. The number of phenols is 1. The van der Waals surface area contributed by atoms with Crippen molar-refractivity contribution >= 4 is 22.0 Å². The smallest absolute Gasteiger partial charge is 0.407 e. The standard InChI is InChI=1S/C13H18BrNO3/c1-13(2,3)18-12(17)15-8-7-9-5-4-6-10(14)11(9)16/h4-6,16H,7-8H2,1-3H3,(H,15,17). The van der Waals surface area contributed by atoms with Gasteiger partial charge in [0, 0.05) is 6.54 Å². The van der Waals surface area contributed by atoms with E-state index in [-0.39, 0.29) is 5.75 Å². The van der Waals surface area contributed by atoms with Crippen LogP contribution in [-0.4, -0.2) is 23.3 Å². The number of para-hydroxylation sites is 1. The van der Waals surface area contributed by atoms with E-state index in [1.807, 2.05) is 32.9 Å². The Labute approximate surface area is 115 Å². The summed E-state index contributed by atoms with van der Waals surface area (Å²) in [5.41, 5.74) is 0.280. The SMILES string of the molecule is CC(C)(C)OC(=O)NCCc1cccc(Br)c1O. The van der Waals surface area contributed by atoms with Crippen molar-refractivity contribution in [1.29, 1.82) is 0 Å². The van der Waals surface area contributed by atoms with E-state index < -0.39 is 11.7 Å². The summed E-state index contributed by atoms with van der Waals surface area (Å²) in [7, 11) is 0. The molecule has 0 aliphatic rings. The number of halogens is 1. The molecule has 0 atom stereocenters. The molecule has 0 aromatic heterocycles. The molecule has 0 radical (unpaired) electrons. The monoisotopic (exact) mass is 315 g/mol. The third kappa shape index (κ3) is 4.96. The third-order valence-corrected chi connectivity index (χ3v) is 2.77. The summed E-state index contributed by atoms with van der Waals surface area (Å²) in [6.07, 6.45) is 0.0989. The number of benzene rings is 1. The second kappa shape index (κ2) is 6.09. The van der Waals surface area contributed by atoms with Crippen molar-refractivity contribution in [3.63, 3.8) is 0 Å². The van der Waals surface area contributed by atoms with Crippen LogP contribution in [0.1, 0.15) is 26.3 Å². The highest BCUT2D eigenvalue weighted by molar-refractivity contribution is 9.10. The number of alkyl carbamates (subject to hydrolysis) is 1. The number of carbonyl (C=O) groups is 1. The van der Waals surface area contributed by atoms with Gasteiger partial charge in [0.05, 0.1) is 4.47 Å². The molecule has 1 aromatic carbocycles. The van der Waals surface area contributed by atoms with Crippen molar-refractivity contribution in [2.45, 2.75) is 32.8 Å². The zero-order chi connectivity index (χ0) is 13.8. The van der Waals surface area contributed by atoms with Gasteiger partial charge in [-0.25, -0.2) is 4.79 Å². The highest BCUT2D eigenvalue weighted by Gasteiger charge is 2.15. The van der Waals surface area contributed by atoms with Gasteiger partial charge < -0.3 is 15.2 Å². The molecule has 0 bridgehead atoms. The minimum Gasteiger partial charge on any atom is -0.506 e. The van der Waals surface area contributed by atoms with Gasteiger partial charge in [0.1, 0.15) is 11.4 Å². The van der Waals surface area contributed by atoms with Crippen molar-refractivity contribution in [2.75, 3.05) is 6.54 Å². The normalized spacial score (nSPS) is 11.1. The van der Waals surface area contributed by atoms with Gasteiger partial charge in [0.2, 0.25) is 0 Å². The minimum absolute atomic E-state index is 0.212. The molecule has 100 valence electrons. The van der Waals surface area contributed by atoms with E-state index in [0.29, 0.717) is 17.4 Å². The van der Waals surface area contributed by atoms with Crippen LogP contribution in [0.25, 0.3) is 0 Å². The van der Waals surface area contributed by atoms with Gasteiger partial charge in [0.25, 0.3) is 0 Å². The maximum absolute atomic E-state index is 11.4. The Morgan fingerprint density at radius 2 is 2.11 bits per heavy atom. The fraction of sp³-hybridized carbons (Fsp3) is 0.462. The molecule has 4 nitrogen and oxygen atoms in total. The van der Waals surface area contributed by atoms with Crippen LogP contribution in [0.15, 0.2) is 22.7 Å². The molecule has 0 saturated carbocycles. The fourth-order valence-electron chi connectivity index (χ4n) is 1.38. The topological polar surface area (TPSA) is 58.6 Å². The number of phenolic OH excluding ortho intramolecular Hbond substituents is 1. The average Bonchev–Trinajstić information content (AvgIpc) is 2.21. The minimum atomic E-state index is -0.498. The number of hydrogen-bond donors (Lipinski definition) is 2. The Morgan fingerprint density at radius 3 is 2.72 bits per heavy atom. The molecule has 1 rings (SSSR count). The fourth-order valence-corrected chi connectivity index (χ4v) is 1.78. The second-order valence-electron chi connectivity index (χ2n) is 4.93. The maximum Gasteiger partial charge on any atom is 0.407 e. The number of carbonyl (C=O) groups excluding carboxylic acids is 1. The van der Waals surface area contributed by atoms with Crippen LogP contribution in [0, 0.1) is 0 Å². The van der Waals surface area contributed by atoms with E-state index >= 15 is 0 Å². The molecule has 0 aliphatic carbocycles. The molecule has 2 N–H and O–H groups in total. The Kier molecular flexibility index (Phi) is 5.02. The van der Waals surface area contributed by atoms with E-state index in [0.717, 1.165) is 5.56 Å². The molecular formula is C13H18BrNO3.